The average molecular weight is 184 g/mol. The van der Waals surface area contributed by atoms with Gasteiger partial charge in [0.2, 0.25) is 8.32 Å². The highest BCUT2D eigenvalue weighted by Crippen LogP contribution is 2.36. The largest absolute Gasteiger partial charge is 0.549 e. The van der Waals surface area contributed by atoms with Gasteiger partial charge < -0.3 is 4.43 Å². The number of allylic oxidation sites excluding steroid dienone is 2. The summed E-state index contributed by atoms with van der Waals surface area (Å²) in [6.07, 6.45) is 5.32. The molecule has 0 aromatic heterocycles. The van der Waals surface area contributed by atoms with E-state index in [1.807, 2.05) is 6.08 Å². The van der Waals surface area contributed by atoms with Crippen LogP contribution in [0.3, 0.4) is 0 Å². The minimum Gasteiger partial charge on any atom is -0.549 e. The van der Waals surface area contributed by atoms with Crippen LogP contribution in [0.25, 0.3) is 0 Å². The molecule has 0 rings (SSSR count). The second-order valence-electron chi connectivity index (χ2n) is 4.44. The van der Waals surface area contributed by atoms with E-state index in [4.69, 9.17) is 4.43 Å². The first-order valence-electron chi connectivity index (χ1n) is 4.26. The summed E-state index contributed by atoms with van der Waals surface area (Å²) in [5.74, 6) is 0. The Hall–Kier alpha value is -0.503. The number of hydrogen-bond donors (Lipinski definition) is 0. The molecule has 0 heterocycles. The minimum absolute atomic E-state index is 0.276. The van der Waals surface area contributed by atoms with Crippen LogP contribution in [0.2, 0.25) is 18.1 Å². The predicted molar refractivity (Wildman–Crippen MR) is 57.6 cm³/mol. The molecule has 0 fully saturated rings. The van der Waals surface area contributed by atoms with Crippen LogP contribution < -0.4 is 0 Å². The first-order chi connectivity index (χ1) is 5.31. The highest BCUT2D eigenvalue weighted by molar-refractivity contribution is 6.74. The fraction of sp³-hybridized carbons (Fsp3) is 0.600. The van der Waals surface area contributed by atoms with Crippen molar-refractivity contribution in [2.75, 3.05) is 0 Å². The Kier molecular flexibility index (Phi) is 3.78. The molecule has 0 bridgehead atoms. The van der Waals surface area contributed by atoms with Crippen LogP contribution in [0.1, 0.15) is 20.8 Å². The van der Waals surface area contributed by atoms with Gasteiger partial charge in [0, 0.05) is 0 Å². The average Bonchev–Trinajstić information content (AvgIpc) is 1.85. The number of rotatable bonds is 3. The molecule has 0 saturated carbocycles. The van der Waals surface area contributed by atoms with Crippen LogP contribution in [0.15, 0.2) is 25.0 Å². The summed E-state index contributed by atoms with van der Waals surface area (Å²) in [6, 6.07) is 0. The van der Waals surface area contributed by atoms with Crippen molar-refractivity contribution in [3.63, 3.8) is 0 Å². The van der Waals surface area contributed by atoms with Gasteiger partial charge in [0.1, 0.15) is 0 Å². The summed E-state index contributed by atoms with van der Waals surface area (Å²) < 4.78 is 5.72. The van der Waals surface area contributed by atoms with Gasteiger partial charge in [-0.3, -0.25) is 0 Å². The van der Waals surface area contributed by atoms with Crippen LogP contribution >= 0.6 is 0 Å². The Morgan fingerprint density at radius 2 is 1.75 bits per heavy atom. The van der Waals surface area contributed by atoms with Crippen LogP contribution in [-0.4, -0.2) is 8.32 Å². The molecule has 0 N–H and O–H groups in total. The molecule has 0 aromatic rings. The van der Waals surface area contributed by atoms with Gasteiger partial charge in [-0.1, -0.05) is 33.4 Å². The molecule has 0 radical (unpaired) electrons. The Morgan fingerprint density at radius 3 is 2.08 bits per heavy atom. The molecule has 0 saturated heterocycles. The Bertz CT molecular complexity index is 175. The van der Waals surface area contributed by atoms with Crippen molar-refractivity contribution >= 4 is 8.32 Å². The Morgan fingerprint density at radius 1 is 1.25 bits per heavy atom. The maximum atomic E-state index is 5.72. The van der Waals surface area contributed by atoms with E-state index < -0.39 is 8.32 Å². The third-order valence-corrected chi connectivity index (χ3v) is 6.72. The molecule has 0 aliphatic heterocycles. The second-order valence-corrected chi connectivity index (χ2v) is 9.20. The Labute approximate surface area is 77.3 Å². The molecule has 0 amide bonds. The summed E-state index contributed by atoms with van der Waals surface area (Å²) in [5.41, 5.74) is 0. The van der Waals surface area contributed by atoms with E-state index in [1.165, 1.54) is 0 Å². The molecule has 0 aliphatic rings. The van der Waals surface area contributed by atoms with Gasteiger partial charge in [-0.2, -0.15) is 0 Å². The third-order valence-electron chi connectivity index (χ3n) is 2.38. The molecule has 0 aliphatic carbocycles. The Balaban J connectivity index is 4.23. The highest BCUT2D eigenvalue weighted by atomic mass is 28.4. The molecule has 0 spiro atoms. The quantitative estimate of drug-likeness (QED) is 0.369. The molecule has 12 heavy (non-hydrogen) atoms. The molecule has 0 atom stereocenters. The molecule has 1 nitrogen and oxygen atoms in total. The lowest BCUT2D eigenvalue weighted by Gasteiger charge is -2.34. The topological polar surface area (TPSA) is 9.23 Å². The summed E-state index contributed by atoms with van der Waals surface area (Å²) in [4.78, 5) is 0. The van der Waals surface area contributed by atoms with Gasteiger partial charge in [0.05, 0.1) is 6.26 Å². The number of hydrogen-bond acceptors (Lipinski definition) is 1. The van der Waals surface area contributed by atoms with E-state index in [0.29, 0.717) is 0 Å². The van der Waals surface area contributed by atoms with Gasteiger partial charge in [0.15, 0.2) is 0 Å². The summed E-state index contributed by atoms with van der Waals surface area (Å²) >= 11 is 0. The zero-order valence-corrected chi connectivity index (χ0v) is 9.85. The molecule has 0 aromatic carbocycles. The standard InChI is InChI=1S/C10H20OSi/c1-7-8-9-11-12(5,6)10(2,3)4/h7-9H,1H2,2-6H3/b9-8+. The minimum atomic E-state index is -1.58. The zero-order valence-electron chi connectivity index (χ0n) is 8.85. The first-order valence-corrected chi connectivity index (χ1v) is 7.17. The van der Waals surface area contributed by atoms with Crippen molar-refractivity contribution in [2.45, 2.75) is 38.9 Å². The van der Waals surface area contributed by atoms with Crippen LogP contribution in [0.5, 0.6) is 0 Å². The fourth-order valence-corrected chi connectivity index (χ4v) is 1.21. The maximum absolute atomic E-state index is 5.72. The lowest BCUT2D eigenvalue weighted by Crippen LogP contribution is -2.39. The van der Waals surface area contributed by atoms with Gasteiger partial charge in [-0.05, 0) is 24.2 Å². The van der Waals surface area contributed by atoms with Crippen molar-refractivity contribution in [1.82, 2.24) is 0 Å². The molecular formula is C10H20OSi. The smallest absolute Gasteiger partial charge is 0.249 e. The highest BCUT2D eigenvalue weighted by Gasteiger charge is 2.37. The normalized spacial score (nSPS) is 13.4. The van der Waals surface area contributed by atoms with E-state index >= 15 is 0 Å². The predicted octanol–water partition coefficient (Wildman–Crippen LogP) is 3.71. The van der Waals surface area contributed by atoms with Crippen LogP contribution in [-0.2, 0) is 4.43 Å². The molecule has 2 heteroatoms. The van der Waals surface area contributed by atoms with Crippen molar-refractivity contribution in [3.05, 3.63) is 25.0 Å². The van der Waals surface area contributed by atoms with Crippen molar-refractivity contribution < 1.29 is 4.43 Å². The summed E-state index contributed by atoms with van der Waals surface area (Å²) in [5, 5.41) is 0.276. The lowest BCUT2D eigenvalue weighted by molar-refractivity contribution is 0.430. The van der Waals surface area contributed by atoms with Gasteiger partial charge in [-0.15, -0.1) is 0 Å². The van der Waals surface area contributed by atoms with E-state index in [1.54, 1.807) is 12.3 Å². The van der Waals surface area contributed by atoms with Crippen molar-refractivity contribution in [1.29, 1.82) is 0 Å². The van der Waals surface area contributed by atoms with E-state index in [9.17, 15) is 0 Å². The first kappa shape index (κ1) is 11.5. The maximum Gasteiger partial charge on any atom is 0.249 e. The fourth-order valence-electron chi connectivity index (χ4n) is 0.442. The van der Waals surface area contributed by atoms with E-state index in [2.05, 4.69) is 40.4 Å². The lowest BCUT2D eigenvalue weighted by atomic mass is 10.2. The molecular weight excluding hydrogens is 164 g/mol. The van der Waals surface area contributed by atoms with Gasteiger partial charge in [-0.25, -0.2) is 0 Å². The van der Waals surface area contributed by atoms with Crippen LogP contribution in [0, 0.1) is 0 Å². The summed E-state index contributed by atoms with van der Waals surface area (Å²) in [6.45, 7) is 14.7. The van der Waals surface area contributed by atoms with Gasteiger partial charge >= 0.3 is 0 Å². The van der Waals surface area contributed by atoms with Crippen molar-refractivity contribution in [3.8, 4) is 0 Å². The van der Waals surface area contributed by atoms with Gasteiger partial charge in [0.25, 0.3) is 0 Å². The zero-order chi connectivity index (χ0) is 9.83. The molecule has 70 valence electrons. The monoisotopic (exact) mass is 184 g/mol. The third kappa shape index (κ3) is 3.26. The van der Waals surface area contributed by atoms with Crippen molar-refractivity contribution in [2.24, 2.45) is 0 Å². The van der Waals surface area contributed by atoms with Crippen LogP contribution in [0.4, 0.5) is 0 Å². The summed E-state index contributed by atoms with van der Waals surface area (Å²) in [7, 11) is -1.58. The SMILES string of the molecule is C=C/C=C/O[Si](C)(C)C(C)(C)C. The van der Waals surface area contributed by atoms with E-state index in [-0.39, 0.29) is 5.04 Å². The second kappa shape index (κ2) is 3.94. The molecule has 0 unspecified atom stereocenters. The van der Waals surface area contributed by atoms with E-state index in [0.717, 1.165) is 0 Å².